The third kappa shape index (κ3) is 8.34. The fourth-order valence-electron chi connectivity index (χ4n) is 1.12. The number of methoxy groups -OCH3 is 1. The van der Waals surface area contributed by atoms with Crippen LogP contribution in [-0.2, 0) is 14.3 Å². The lowest BCUT2D eigenvalue weighted by atomic mass is 10.2. The minimum absolute atomic E-state index is 0.0919. The molecule has 0 saturated heterocycles. The van der Waals surface area contributed by atoms with Gasteiger partial charge in [0.2, 0.25) is 5.91 Å². The Hall–Kier alpha value is -1.83. The van der Waals surface area contributed by atoms with Gasteiger partial charge in [-0.15, -0.1) is 0 Å². The molecule has 0 fully saturated rings. The summed E-state index contributed by atoms with van der Waals surface area (Å²) in [6, 6.07) is -0.466. The third-order valence-corrected chi connectivity index (χ3v) is 2.14. The molecule has 0 aliphatic rings. The van der Waals surface area contributed by atoms with Crippen molar-refractivity contribution in [2.75, 3.05) is 27.2 Å². The number of carbonyl (C=O) groups is 3. The van der Waals surface area contributed by atoms with E-state index in [0.717, 1.165) is 0 Å². The van der Waals surface area contributed by atoms with E-state index in [1.54, 1.807) is 0 Å². The minimum atomic E-state index is -0.997. The van der Waals surface area contributed by atoms with Gasteiger partial charge in [0, 0.05) is 33.7 Å². The number of urea groups is 1. The van der Waals surface area contributed by atoms with Crippen molar-refractivity contribution in [3.8, 4) is 0 Å². The zero-order valence-electron chi connectivity index (χ0n) is 10.5. The summed E-state index contributed by atoms with van der Waals surface area (Å²) in [5, 5.41) is 15.9. The highest BCUT2D eigenvalue weighted by Gasteiger charge is 2.13. The van der Waals surface area contributed by atoms with Crippen LogP contribution >= 0.6 is 0 Å². The first-order chi connectivity index (χ1) is 8.49. The number of aliphatic carboxylic acids is 1. The van der Waals surface area contributed by atoms with Crippen molar-refractivity contribution in [2.24, 2.45) is 0 Å². The van der Waals surface area contributed by atoms with Crippen molar-refractivity contribution in [1.29, 1.82) is 0 Å². The minimum Gasteiger partial charge on any atom is -0.481 e. The topological polar surface area (TPSA) is 117 Å². The molecule has 18 heavy (non-hydrogen) atoms. The maximum Gasteiger partial charge on any atom is 0.314 e. The second-order valence-corrected chi connectivity index (χ2v) is 3.52. The Balaban J connectivity index is 3.74. The summed E-state index contributed by atoms with van der Waals surface area (Å²) >= 11 is 0. The Bertz CT molecular complexity index is 295. The summed E-state index contributed by atoms with van der Waals surface area (Å²) < 4.78 is 4.88. The zero-order chi connectivity index (χ0) is 14.0. The first kappa shape index (κ1) is 16.2. The van der Waals surface area contributed by atoms with Crippen LogP contribution in [0.5, 0.6) is 0 Å². The average Bonchev–Trinajstić information content (AvgIpc) is 2.33. The molecule has 4 N–H and O–H groups in total. The molecule has 1 unspecified atom stereocenters. The molecule has 0 aromatic carbocycles. The molecule has 0 heterocycles. The van der Waals surface area contributed by atoms with Crippen LogP contribution < -0.4 is 16.0 Å². The predicted octanol–water partition coefficient (Wildman–Crippen LogP) is -1.09. The van der Waals surface area contributed by atoms with Gasteiger partial charge in [-0.3, -0.25) is 9.59 Å². The Morgan fingerprint density at radius 3 is 2.44 bits per heavy atom. The number of hydrogen-bond acceptors (Lipinski definition) is 4. The average molecular weight is 261 g/mol. The summed E-state index contributed by atoms with van der Waals surface area (Å²) in [5.41, 5.74) is 0. The van der Waals surface area contributed by atoms with E-state index in [-0.39, 0.29) is 31.8 Å². The molecule has 0 spiro atoms. The lowest BCUT2D eigenvalue weighted by molar-refractivity contribution is -0.139. The van der Waals surface area contributed by atoms with Crippen LogP contribution in [0, 0.1) is 0 Å². The van der Waals surface area contributed by atoms with Crippen molar-refractivity contribution in [3.05, 3.63) is 0 Å². The maximum atomic E-state index is 11.3. The smallest absolute Gasteiger partial charge is 0.314 e. The standard InChI is InChI=1S/C10H19N3O5/c1-11-8(14)3-4-12-10(17)13-6-7(18-2)5-9(15)16/h7H,3-6H2,1-2H3,(H,11,14)(H,15,16)(H2,12,13,17). The van der Waals surface area contributed by atoms with Gasteiger partial charge in [-0.1, -0.05) is 0 Å². The normalized spacial score (nSPS) is 11.4. The molecule has 0 rings (SSSR count). The Kier molecular flexibility index (Phi) is 8.29. The summed E-state index contributed by atoms with van der Waals surface area (Å²) in [5.74, 6) is -1.17. The summed E-state index contributed by atoms with van der Waals surface area (Å²) in [6.45, 7) is 0.302. The molecule has 0 aliphatic carbocycles. The van der Waals surface area contributed by atoms with Crippen LogP contribution in [-0.4, -0.2) is 56.4 Å². The lowest BCUT2D eigenvalue weighted by Gasteiger charge is -2.14. The molecule has 1 atom stereocenters. The van der Waals surface area contributed by atoms with Gasteiger partial charge in [0.1, 0.15) is 0 Å². The van der Waals surface area contributed by atoms with Crippen LogP contribution in [0.25, 0.3) is 0 Å². The second-order valence-electron chi connectivity index (χ2n) is 3.52. The number of nitrogens with one attached hydrogen (secondary N) is 3. The van der Waals surface area contributed by atoms with Crippen molar-refractivity contribution in [3.63, 3.8) is 0 Å². The van der Waals surface area contributed by atoms with Crippen molar-refractivity contribution in [2.45, 2.75) is 18.9 Å². The number of rotatable bonds is 8. The fourth-order valence-corrected chi connectivity index (χ4v) is 1.12. The highest BCUT2D eigenvalue weighted by atomic mass is 16.5. The molecule has 0 aromatic rings. The van der Waals surface area contributed by atoms with Crippen LogP contribution in [0.15, 0.2) is 0 Å². The molecule has 0 bridgehead atoms. The number of carbonyl (C=O) groups excluding carboxylic acids is 2. The molecule has 104 valence electrons. The van der Waals surface area contributed by atoms with Gasteiger partial charge < -0.3 is 25.8 Å². The van der Waals surface area contributed by atoms with Crippen molar-refractivity contribution < 1.29 is 24.2 Å². The van der Waals surface area contributed by atoms with Gasteiger partial charge in [0.05, 0.1) is 12.5 Å². The first-order valence-corrected chi connectivity index (χ1v) is 5.46. The van der Waals surface area contributed by atoms with Crippen molar-refractivity contribution in [1.82, 2.24) is 16.0 Å². The van der Waals surface area contributed by atoms with E-state index < -0.39 is 18.1 Å². The molecular weight excluding hydrogens is 242 g/mol. The largest absolute Gasteiger partial charge is 0.481 e. The number of ether oxygens (including phenoxy) is 1. The Labute approximate surface area is 105 Å². The highest BCUT2D eigenvalue weighted by Crippen LogP contribution is 1.95. The molecule has 0 aliphatic heterocycles. The first-order valence-electron chi connectivity index (χ1n) is 5.46. The molecule has 0 saturated carbocycles. The maximum absolute atomic E-state index is 11.3. The van der Waals surface area contributed by atoms with E-state index in [9.17, 15) is 14.4 Å². The fraction of sp³-hybridized carbons (Fsp3) is 0.700. The van der Waals surface area contributed by atoms with Gasteiger partial charge >= 0.3 is 12.0 Å². The predicted molar refractivity (Wildman–Crippen MR) is 63.1 cm³/mol. The molecule has 8 nitrogen and oxygen atoms in total. The number of hydrogen-bond donors (Lipinski definition) is 4. The van der Waals surface area contributed by atoms with Gasteiger partial charge in [-0.2, -0.15) is 0 Å². The molecule has 8 heteroatoms. The molecule has 0 aromatic heterocycles. The summed E-state index contributed by atoms with van der Waals surface area (Å²) in [7, 11) is 2.89. The SMILES string of the molecule is CNC(=O)CCNC(=O)NCC(CC(=O)O)OC. The van der Waals surface area contributed by atoms with Gasteiger partial charge in [-0.05, 0) is 0 Å². The Morgan fingerprint density at radius 2 is 1.94 bits per heavy atom. The summed E-state index contributed by atoms with van der Waals surface area (Å²) in [4.78, 5) is 32.6. The van der Waals surface area contributed by atoms with Crippen LogP contribution in [0.4, 0.5) is 4.79 Å². The molecular formula is C10H19N3O5. The van der Waals surface area contributed by atoms with Gasteiger partial charge in [0.25, 0.3) is 0 Å². The van der Waals surface area contributed by atoms with E-state index >= 15 is 0 Å². The van der Waals surface area contributed by atoms with E-state index in [1.165, 1.54) is 14.2 Å². The highest BCUT2D eigenvalue weighted by molar-refractivity contribution is 5.77. The van der Waals surface area contributed by atoms with E-state index in [4.69, 9.17) is 9.84 Å². The van der Waals surface area contributed by atoms with E-state index in [1.807, 2.05) is 0 Å². The molecule has 0 radical (unpaired) electrons. The van der Waals surface area contributed by atoms with Gasteiger partial charge in [0.15, 0.2) is 0 Å². The van der Waals surface area contributed by atoms with Gasteiger partial charge in [-0.25, -0.2) is 4.79 Å². The molecule has 3 amide bonds. The second kappa shape index (κ2) is 9.23. The van der Waals surface area contributed by atoms with E-state index in [0.29, 0.717) is 0 Å². The number of carboxylic acid groups (broad SMARTS) is 1. The number of carboxylic acids is 1. The quantitative estimate of drug-likeness (QED) is 0.443. The van der Waals surface area contributed by atoms with E-state index in [2.05, 4.69) is 16.0 Å². The van der Waals surface area contributed by atoms with Crippen LogP contribution in [0.3, 0.4) is 0 Å². The Morgan fingerprint density at radius 1 is 1.28 bits per heavy atom. The lowest BCUT2D eigenvalue weighted by Crippen LogP contribution is -2.41. The van der Waals surface area contributed by atoms with Crippen molar-refractivity contribution >= 4 is 17.9 Å². The van der Waals surface area contributed by atoms with Crippen LogP contribution in [0.2, 0.25) is 0 Å². The van der Waals surface area contributed by atoms with Crippen LogP contribution in [0.1, 0.15) is 12.8 Å². The third-order valence-electron chi connectivity index (χ3n) is 2.14. The monoisotopic (exact) mass is 261 g/mol. The summed E-state index contributed by atoms with van der Waals surface area (Å²) in [6.07, 6.45) is -0.575. The zero-order valence-corrected chi connectivity index (χ0v) is 10.5. The number of amides is 3.